The standard InChI is InChI=1S/C12H18O/c1-4-5-8-11-10(2)7-6-9-12(11)13-3/h6-7,9H,4-5,8H2,1-3H3. The van der Waals surface area contributed by atoms with Crippen molar-refractivity contribution in [2.75, 3.05) is 7.11 Å². The monoisotopic (exact) mass is 178 g/mol. The van der Waals surface area contributed by atoms with Gasteiger partial charge in [0.1, 0.15) is 5.75 Å². The highest BCUT2D eigenvalue weighted by Gasteiger charge is 2.04. The molecule has 13 heavy (non-hydrogen) atoms. The van der Waals surface area contributed by atoms with Crippen LogP contribution in [0.15, 0.2) is 18.2 Å². The zero-order valence-electron chi connectivity index (χ0n) is 8.76. The molecular weight excluding hydrogens is 160 g/mol. The van der Waals surface area contributed by atoms with Crippen molar-refractivity contribution in [3.63, 3.8) is 0 Å². The fourth-order valence-electron chi connectivity index (χ4n) is 1.54. The maximum Gasteiger partial charge on any atom is 0.122 e. The van der Waals surface area contributed by atoms with Crippen molar-refractivity contribution in [3.8, 4) is 5.75 Å². The minimum Gasteiger partial charge on any atom is -0.496 e. The van der Waals surface area contributed by atoms with E-state index < -0.39 is 0 Å². The summed E-state index contributed by atoms with van der Waals surface area (Å²) < 4.78 is 5.32. The van der Waals surface area contributed by atoms with E-state index in [0.29, 0.717) is 0 Å². The van der Waals surface area contributed by atoms with Gasteiger partial charge in [0.25, 0.3) is 0 Å². The van der Waals surface area contributed by atoms with E-state index in [1.54, 1.807) is 7.11 Å². The third-order valence-corrected chi connectivity index (χ3v) is 2.37. The molecule has 1 aromatic rings. The number of benzene rings is 1. The summed E-state index contributed by atoms with van der Waals surface area (Å²) in [6.07, 6.45) is 3.60. The van der Waals surface area contributed by atoms with Gasteiger partial charge in [0.05, 0.1) is 7.11 Å². The third-order valence-electron chi connectivity index (χ3n) is 2.37. The largest absolute Gasteiger partial charge is 0.496 e. The molecule has 0 amide bonds. The Morgan fingerprint density at radius 3 is 2.69 bits per heavy atom. The van der Waals surface area contributed by atoms with Gasteiger partial charge < -0.3 is 4.74 Å². The Balaban J connectivity index is 2.87. The summed E-state index contributed by atoms with van der Waals surface area (Å²) in [5.74, 6) is 1.04. The van der Waals surface area contributed by atoms with Crippen LogP contribution < -0.4 is 4.74 Å². The Kier molecular flexibility index (Phi) is 3.81. The average molecular weight is 178 g/mol. The highest BCUT2D eigenvalue weighted by Crippen LogP contribution is 2.23. The molecule has 0 spiro atoms. The first kappa shape index (κ1) is 10.1. The van der Waals surface area contributed by atoms with Crippen LogP contribution in [0.5, 0.6) is 5.75 Å². The summed E-state index contributed by atoms with van der Waals surface area (Å²) in [4.78, 5) is 0. The van der Waals surface area contributed by atoms with Crippen LogP contribution in [0.25, 0.3) is 0 Å². The number of ether oxygens (including phenoxy) is 1. The van der Waals surface area contributed by atoms with Crippen LogP contribution in [0.4, 0.5) is 0 Å². The normalized spacial score (nSPS) is 10.1. The van der Waals surface area contributed by atoms with Crippen molar-refractivity contribution in [1.82, 2.24) is 0 Å². The van der Waals surface area contributed by atoms with Gasteiger partial charge in [-0.3, -0.25) is 0 Å². The van der Waals surface area contributed by atoms with E-state index in [1.165, 1.54) is 24.0 Å². The molecule has 0 fully saturated rings. The Hall–Kier alpha value is -0.980. The average Bonchev–Trinajstić information content (AvgIpc) is 2.15. The predicted molar refractivity (Wildman–Crippen MR) is 56.3 cm³/mol. The molecule has 1 aromatic carbocycles. The molecule has 0 heterocycles. The molecular formula is C12H18O. The van der Waals surface area contributed by atoms with E-state index in [9.17, 15) is 0 Å². The zero-order valence-corrected chi connectivity index (χ0v) is 8.76. The van der Waals surface area contributed by atoms with Gasteiger partial charge in [0.2, 0.25) is 0 Å². The molecule has 1 rings (SSSR count). The molecule has 0 radical (unpaired) electrons. The van der Waals surface area contributed by atoms with Gasteiger partial charge in [-0.05, 0) is 37.0 Å². The van der Waals surface area contributed by atoms with Crippen LogP contribution in [0.3, 0.4) is 0 Å². The van der Waals surface area contributed by atoms with Crippen LogP contribution in [0.2, 0.25) is 0 Å². The van der Waals surface area contributed by atoms with E-state index in [0.717, 1.165) is 12.2 Å². The molecule has 0 saturated heterocycles. The Morgan fingerprint density at radius 2 is 2.08 bits per heavy atom. The molecule has 0 bridgehead atoms. The van der Waals surface area contributed by atoms with Crippen molar-refractivity contribution in [2.45, 2.75) is 33.1 Å². The van der Waals surface area contributed by atoms with E-state index >= 15 is 0 Å². The number of unbranched alkanes of at least 4 members (excludes halogenated alkanes) is 1. The first-order chi connectivity index (χ1) is 6.29. The molecule has 72 valence electrons. The second-order valence-electron chi connectivity index (χ2n) is 3.36. The molecule has 0 N–H and O–H groups in total. The predicted octanol–water partition coefficient (Wildman–Crippen LogP) is 3.35. The number of aryl methyl sites for hydroxylation is 1. The molecule has 0 unspecified atom stereocenters. The summed E-state index contributed by atoms with van der Waals surface area (Å²) >= 11 is 0. The second kappa shape index (κ2) is 4.90. The van der Waals surface area contributed by atoms with Crippen LogP contribution in [0, 0.1) is 6.92 Å². The third kappa shape index (κ3) is 2.48. The van der Waals surface area contributed by atoms with Crippen molar-refractivity contribution in [3.05, 3.63) is 29.3 Å². The van der Waals surface area contributed by atoms with Gasteiger partial charge >= 0.3 is 0 Å². The smallest absolute Gasteiger partial charge is 0.122 e. The minimum absolute atomic E-state index is 1.04. The molecule has 0 aliphatic rings. The lowest BCUT2D eigenvalue weighted by Crippen LogP contribution is -1.95. The minimum atomic E-state index is 1.04. The van der Waals surface area contributed by atoms with Gasteiger partial charge in [-0.25, -0.2) is 0 Å². The second-order valence-corrected chi connectivity index (χ2v) is 3.36. The topological polar surface area (TPSA) is 9.23 Å². The molecule has 0 aliphatic heterocycles. The lowest BCUT2D eigenvalue weighted by Gasteiger charge is -2.10. The van der Waals surface area contributed by atoms with Gasteiger partial charge in [0, 0.05) is 0 Å². The number of rotatable bonds is 4. The summed E-state index contributed by atoms with van der Waals surface area (Å²) in [7, 11) is 1.74. The van der Waals surface area contributed by atoms with E-state index in [4.69, 9.17) is 4.74 Å². The van der Waals surface area contributed by atoms with E-state index in [1.807, 2.05) is 12.1 Å². The summed E-state index contributed by atoms with van der Waals surface area (Å²) in [5, 5.41) is 0. The lowest BCUT2D eigenvalue weighted by molar-refractivity contribution is 0.408. The van der Waals surface area contributed by atoms with Gasteiger partial charge in [-0.15, -0.1) is 0 Å². The summed E-state index contributed by atoms with van der Waals surface area (Å²) in [6, 6.07) is 6.23. The van der Waals surface area contributed by atoms with Crippen molar-refractivity contribution >= 4 is 0 Å². The first-order valence-electron chi connectivity index (χ1n) is 4.92. The Bertz CT molecular complexity index is 266. The zero-order chi connectivity index (χ0) is 9.68. The van der Waals surface area contributed by atoms with Crippen LogP contribution in [0.1, 0.15) is 30.9 Å². The van der Waals surface area contributed by atoms with Crippen molar-refractivity contribution in [2.24, 2.45) is 0 Å². The number of hydrogen-bond acceptors (Lipinski definition) is 1. The summed E-state index contributed by atoms with van der Waals surface area (Å²) in [6.45, 7) is 4.36. The number of hydrogen-bond donors (Lipinski definition) is 0. The highest BCUT2D eigenvalue weighted by molar-refractivity contribution is 5.39. The van der Waals surface area contributed by atoms with Crippen LogP contribution in [-0.2, 0) is 6.42 Å². The molecule has 1 nitrogen and oxygen atoms in total. The quantitative estimate of drug-likeness (QED) is 0.687. The van der Waals surface area contributed by atoms with Crippen molar-refractivity contribution < 1.29 is 4.74 Å². The van der Waals surface area contributed by atoms with E-state index in [-0.39, 0.29) is 0 Å². The van der Waals surface area contributed by atoms with Crippen LogP contribution >= 0.6 is 0 Å². The highest BCUT2D eigenvalue weighted by atomic mass is 16.5. The fourth-order valence-corrected chi connectivity index (χ4v) is 1.54. The Morgan fingerprint density at radius 1 is 1.31 bits per heavy atom. The maximum atomic E-state index is 5.32. The molecule has 0 aliphatic carbocycles. The molecule has 1 heteroatoms. The fraction of sp³-hybridized carbons (Fsp3) is 0.500. The molecule has 0 saturated carbocycles. The Labute approximate surface area is 80.7 Å². The first-order valence-corrected chi connectivity index (χ1v) is 4.92. The lowest BCUT2D eigenvalue weighted by atomic mass is 10.0. The summed E-state index contributed by atoms with van der Waals surface area (Å²) in [5.41, 5.74) is 2.71. The maximum absolute atomic E-state index is 5.32. The SMILES string of the molecule is CCCCc1c(C)cccc1OC. The van der Waals surface area contributed by atoms with Gasteiger partial charge in [-0.1, -0.05) is 25.5 Å². The van der Waals surface area contributed by atoms with Gasteiger partial charge in [0.15, 0.2) is 0 Å². The van der Waals surface area contributed by atoms with Crippen LogP contribution in [-0.4, -0.2) is 7.11 Å². The number of methoxy groups -OCH3 is 1. The van der Waals surface area contributed by atoms with Gasteiger partial charge in [-0.2, -0.15) is 0 Å². The van der Waals surface area contributed by atoms with E-state index in [2.05, 4.69) is 19.9 Å². The molecule has 0 aromatic heterocycles. The van der Waals surface area contributed by atoms with Crippen molar-refractivity contribution in [1.29, 1.82) is 0 Å². The molecule has 0 atom stereocenters.